The van der Waals surface area contributed by atoms with E-state index in [-0.39, 0.29) is 29.9 Å². The van der Waals surface area contributed by atoms with E-state index in [9.17, 15) is 4.79 Å². The van der Waals surface area contributed by atoms with Crippen molar-refractivity contribution >= 4 is 35.9 Å². The molecule has 2 N–H and O–H groups in total. The second kappa shape index (κ2) is 12.2. The predicted octanol–water partition coefficient (Wildman–Crippen LogP) is 3.19. The molecule has 0 aliphatic heterocycles. The van der Waals surface area contributed by atoms with Crippen LogP contribution in [0.3, 0.4) is 0 Å². The van der Waals surface area contributed by atoms with Crippen LogP contribution in [0, 0.1) is 5.92 Å². The Morgan fingerprint density at radius 3 is 2.39 bits per heavy atom. The van der Waals surface area contributed by atoms with E-state index < -0.39 is 0 Å². The Hall–Kier alpha value is -1.31. The lowest BCUT2D eigenvalue weighted by Crippen LogP contribution is -2.38. The Morgan fingerprint density at radius 1 is 1.22 bits per heavy atom. The monoisotopic (exact) mass is 433 g/mol. The van der Waals surface area contributed by atoms with Crippen LogP contribution in [-0.4, -0.2) is 32.1 Å². The number of halogens is 1. The third-order valence-corrected chi connectivity index (χ3v) is 3.15. The minimum absolute atomic E-state index is 0. The summed E-state index contributed by atoms with van der Waals surface area (Å²) in [5.74, 6) is 1.17. The number of methoxy groups -OCH3 is 1. The number of guanidine groups is 1. The van der Waals surface area contributed by atoms with Crippen molar-refractivity contribution in [1.82, 2.24) is 10.6 Å². The smallest absolute Gasteiger partial charge is 0.337 e. The first-order chi connectivity index (χ1) is 10.6. The fraction of sp³-hybridized carbons (Fsp3) is 0.529. The van der Waals surface area contributed by atoms with E-state index in [2.05, 4.69) is 34.2 Å². The van der Waals surface area contributed by atoms with Crippen LogP contribution in [0.1, 0.15) is 43.1 Å². The fourth-order valence-corrected chi connectivity index (χ4v) is 1.86. The van der Waals surface area contributed by atoms with Gasteiger partial charge in [0.25, 0.3) is 0 Å². The lowest BCUT2D eigenvalue weighted by Gasteiger charge is -2.12. The van der Waals surface area contributed by atoms with Gasteiger partial charge in [-0.25, -0.2) is 9.79 Å². The van der Waals surface area contributed by atoms with Crippen molar-refractivity contribution in [2.24, 2.45) is 10.9 Å². The minimum Gasteiger partial charge on any atom is -0.465 e. The van der Waals surface area contributed by atoms with Gasteiger partial charge in [0.1, 0.15) is 0 Å². The summed E-state index contributed by atoms with van der Waals surface area (Å²) in [5.41, 5.74) is 1.60. The molecular formula is C17H28IN3O2. The summed E-state index contributed by atoms with van der Waals surface area (Å²) < 4.78 is 4.68. The SMILES string of the molecule is CCNC(=NCc1ccc(C(=O)OC)cc1)NCCC(C)C.I. The van der Waals surface area contributed by atoms with Crippen LogP contribution in [0.15, 0.2) is 29.3 Å². The van der Waals surface area contributed by atoms with Crippen LogP contribution in [0.5, 0.6) is 0 Å². The molecule has 1 rings (SSSR count). The van der Waals surface area contributed by atoms with E-state index in [0.717, 1.165) is 31.0 Å². The molecule has 0 heterocycles. The third kappa shape index (κ3) is 8.78. The third-order valence-electron chi connectivity index (χ3n) is 3.15. The molecule has 1 aromatic carbocycles. The number of aliphatic imine (C=N–C) groups is 1. The first kappa shape index (κ1) is 21.7. The minimum atomic E-state index is -0.321. The maximum atomic E-state index is 11.4. The zero-order valence-electron chi connectivity index (χ0n) is 14.4. The zero-order chi connectivity index (χ0) is 16.4. The number of carbonyl (C=O) groups is 1. The molecule has 5 nitrogen and oxygen atoms in total. The first-order valence-electron chi connectivity index (χ1n) is 7.76. The molecule has 0 bridgehead atoms. The Morgan fingerprint density at radius 2 is 1.87 bits per heavy atom. The van der Waals surface area contributed by atoms with E-state index in [1.54, 1.807) is 12.1 Å². The molecule has 0 fully saturated rings. The van der Waals surface area contributed by atoms with Crippen molar-refractivity contribution in [3.63, 3.8) is 0 Å². The predicted molar refractivity (Wildman–Crippen MR) is 105 cm³/mol. The molecule has 0 atom stereocenters. The van der Waals surface area contributed by atoms with Gasteiger partial charge in [-0.05, 0) is 37.0 Å². The molecule has 0 amide bonds. The lowest BCUT2D eigenvalue weighted by molar-refractivity contribution is 0.0600. The van der Waals surface area contributed by atoms with Gasteiger partial charge >= 0.3 is 5.97 Å². The molecule has 23 heavy (non-hydrogen) atoms. The summed E-state index contributed by atoms with van der Waals surface area (Å²) in [4.78, 5) is 15.9. The largest absolute Gasteiger partial charge is 0.465 e. The van der Waals surface area contributed by atoms with Crippen molar-refractivity contribution in [1.29, 1.82) is 0 Å². The maximum Gasteiger partial charge on any atom is 0.337 e. The van der Waals surface area contributed by atoms with Gasteiger partial charge in [0.2, 0.25) is 0 Å². The van der Waals surface area contributed by atoms with Gasteiger partial charge in [-0.3, -0.25) is 0 Å². The fourth-order valence-electron chi connectivity index (χ4n) is 1.86. The number of nitrogens with one attached hydrogen (secondary N) is 2. The van der Waals surface area contributed by atoms with Crippen LogP contribution in [-0.2, 0) is 11.3 Å². The highest BCUT2D eigenvalue weighted by Crippen LogP contribution is 2.07. The summed E-state index contributed by atoms with van der Waals surface area (Å²) in [7, 11) is 1.38. The van der Waals surface area contributed by atoms with E-state index in [0.29, 0.717) is 18.0 Å². The number of nitrogens with zero attached hydrogens (tertiary/aromatic N) is 1. The highest BCUT2D eigenvalue weighted by molar-refractivity contribution is 14.0. The van der Waals surface area contributed by atoms with Crippen LogP contribution >= 0.6 is 24.0 Å². The van der Waals surface area contributed by atoms with Gasteiger partial charge in [-0.2, -0.15) is 0 Å². The number of carbonyl (C=O) groups excluding carboxylic acids is 1. The van der Waals surface area contributed by atoms with Gasteiger partial charge < -0.3 is 15.4 Å². The van der Waals surface area contributed by atoms with Crippen molar-refractivity contribution in [3.8, 4) is 0 Å². The summed E-state index contributed by atoms with van der Waals surface area (Å²) in [6, 6.07) is 7.31. The summed E-state index contributed by atoms with van der Waals surface area (Å²) in [6.07, 6.45) is 1.11. The van der Waals surface area contributed by atoms with Gasteiger partial charge in [0.15, 0.2) is 5.96 Å². The quantitative estimate of drug-likeness (QED) is 0.300. The first-order valence-corrected chi connectivity index (χ1v) is 7.76. The molecular weight excluding hydrogens is 405 g/mol. The number of rotatable bonds is 7. The maximum absolute atomic E-state index is 11.4. The van der Waals surface area contributed by atoms with Gasteiger partial charge in [-0.15, -0.1) is 24.0 Å². The molecule has 0 aromatic heterocycles. The van der Waals surface area contributed by atoms with E-state index in [4.69, 9.17) is 0 Å². The number of esters is 1. The number of ether oxygens (including phenoxy) is 1. The molecule has 0 saturated carbocycles. The second-order valence-corrected chi connectivity index (χ2v) is 5.49. The number of benzene rings is 1. The van der Waals surface area contributed by atoms with Gasteiger partial charge in [0.05, 0.1) is 19.2 Å². The summed E-state index contributed by atoms with van der Waals surface area (Å²) >= 11 is 0. The van der Waals surface area contributed by atoms with E-state index >= 15 is 0 Å². The standard InChI is InChI=1S/C17H27N3O2.HI/c1-5-18-17(19-11-10-13(2)3)20-12-14-6-8-15(9-7-14)16(21)22-4;/h6-9,13H,5,10-12H2,1-4H3,(H2,18,19,20);1H. The van der Waals surface area contributed by atoms with Crippen molar-refractivity contribution in [3.05, 3.63) is 35.4 Å². The van der Waals surface area contributed by atoms with Crippen molar-refractivity contribution < 1.29 is 9.53 Å². The van der Waals surface area contributed by atoms with Crippen LogP contribution in [0.25, 0.3) is 0 Å². The Kier molecular flexibility index (Phi) is 11.5. The Balaban J connectivity index is 0.00000484. The van der Waals surface area contributed by atoms with Crippen molar-refractivity contribution in [2.75, 3.05) is 20.2 Å². The average Bonchev–Trinajstić information content (AvgIpc) is 2.52. The summed E-state index contributed by atoms with van der Waals surface area (Å²) in [6.45, 7) is 8.76. The molecule has 0 aliphatic carbocycles. The van der Waals surface area contributed by atoms with E-state index in [1.807, 2.05) is 19.1 Å². The summed E-state index contributed by atoms with van der Waals surface area (Å²) in [5, 5.41) is 6.56. The van der Waals surface area contributed by atoms with Gasteiger partial charge in [-0.1, -0.05) is 26.0 Å². The highest BCUT2D eigenvalue weighted by Gasteiger charge is 2.04. The van der Waals surface area contributed by atoms with Crippen LogP contribution < -0.4 is 10.6 Å². The number of hydrogen-bond acceptors (Lipinski definition) is 3. The second-order valence-electron chi connectivity index (χ2n) is 5.49. The molecule has 6 heteroatoms. The number of hydrogen-bond donors (Lipinski definition) is 2. The normalized spacial score (nSPS) is 10.9. The van der Waals surface area contributed by atoms with E-state index in [1.165, 1.54) is 7.11 Å². The van der Waals surface area contributed by atoms with Gasteiger partial charge in [0, 0.05) is 13.1 Å². The van der Waals surface area contributed by atoms with Crippen LogP contribution in [0.4, 0.5) is 0 Å². The lowest BCUT2D eigenvalue weighted by atomic mass is 10.1. The molecule has 0 radical (unpaired) electrons. The molecule has 0 aliphatic rings. The molecule has 130 valence electrons. The highest BCUT2D eigenvalue weighted by atomic mass is 127. The Bertz CT molecular complexity index is 487. The molecule has 1 aromatic rings. The average molecular weight is 433 g/mol. The topological polar surface area (TPSA) is 62.7 Å². The molecule has 0 saturated heterocycles. The van der Waals surface area contributed by atoms with Crippen LogP contribution in [0.2, 0.25) is 0 Å². The molecule has 0 unspecified atom stereocenters. The molecule has 0 spiro atoms. The Labute approximate surface area is 156 Å². The zero-order valence-corrected chi connectivity index (χ0v) is 16.7. The van der Waals surface area contributed by atoms with Crippen molar-refractivity contribution in [2.45, 2.75) is 33.7 Å².